The molecule has 4 aromatic rings. The van der Waals surface area contributed by atoms with Crippen LogP contribution in [0.2, 0.25) is 5.02 Å². The van der Waals surface area contributed by atoms with Crippen molar-refractivity contribution in [1.82, 2.24) is 10.1 Å². The zero-order valence-electron chi connectivity index (χ0n) is 18.4. The van der Waals surface area contributed by atoms with Crippen molar-refractivity contribution in [3.8, 4) is 28.6 Å². The van der Waals surface area contributed by atoms with Crippen molar-refractivity contribution in [3.05, 3.63) is 94.6 Å². The Morgan fingerprint density at radius 1 is 1.00 bits per heavy atom. The molecular formula is C26H21ClN2O5. The Balaban J connectivity index is 1.44. The van der Waals surface area contributed by atoms with Gasteiger partial charge in [-0.25, -0.2) is 0 Å². The fourth-order valence-corrected chi connectivity index (χ4v) is 4.04. The topological polar surface area (TPSA) is 74.0 Å². The molecule has 1 aliphatic rings. The first kappa shape index (κ1) is 21.9. The minimum atomic E-state index is -0.217. The van der Waals surface area contributed by atoms with E-state index in [1.54, 1.807) is 36.3 Å². The van der Waals surface area contributed by atoms with Crippen molar-refractivity contribution >= 4 is 17.5 Å². The zero-order valence-corrected chi connectivity index (χ0v) is 19.1. The van der Waals surface area contributed by atoms with Crippen molar-refractivity contribution < 1.29 is 23.5 Å². The van der Waals surface area contributed by atoms with E-state index in [2.05, 4.69) is 5.16 Å². The van der Waals surface area contributed by atoms with Gasteiger partial charge < -0.3 is 23.6 Å². The number of methoxy groups -OCH3 is 1. The molecule has 172 valence electrons. The molecule has 0 radical (unpaired) electrons. The predicted molar refractivity (Wildman–Crippen MR) is 126 cm³/mol. The molecule has 0 unspecified atom stereocenters. The van der Waals surface area contributed by atoms with Gasteiger partial charge in [0, 0.05) is 12.6 Å². The first-order chi connectivity index (χ1) is 16.6. The van der Waals surface area contributed by atoms with Gasteiger partial charge in [0.05, 0.1) is 29.8 Å². The molecule has 0 spiro atoms. The van der Waals surface area contributed by atoms with E-state index in [1.165, 1.54) is 0 Å². The maximum Gasteiger partial charge on any atom is 0.256 e. The molecular weight excluding hydrogens is 456 g/mol. The van der Waals surface area contributed by atoms with E-state index in [0.29, 0.717) is 45.8 Å². The highest BCUT2D eigenvalue weighted by Crippen LogP contribution is 2.34. The zero-order chi connectivity index (χ0) is 23.5. The maximum absolute atomic E-state index is 13.5. The minimum absolute atomic E-state index is 0.186. The molecule has 7 nitrogen and oxygen atoms in total. The monoisotopic (exact) mass is 476 g/mol. The van der Waals surface area contributed by atoms with E-state index in [4.69, 9.17) is 30.3 Å². The van der Waals surface area contributed by atoms with E-state index in [-0.39, 0.29) is 19.2 Å². The number of aromatic nitrogens is 1. The highest BCUT2D eigenvalue weighted by atomic mass is 35.5. The number of fused-ring (bicyclic) bond motifs is 1. The van der Waals surface area contributed by atoms with E-state index in [9.17, 15) is 4.79 Å². The second-order valence-electron chi connectivity index (χ2n) is 7.71. The van der Waals surface area contributed by atoms with Crippen LogP contribution in [0.3, 0.4) is 0 Å². The van der Waals surface area contributed by atoms with Crippen LogP contribution < -0.4 is 14.2 Å². The molecule has 5 rings (SSSR count). The third kappa shape index (κ3) is 4.43. The van der Waals surface area contributed by atoms with E-state index >= 15 is 0 Å². The highest BCUT2D eigenvalue weighted by Gasteiger charge is 2.22. The molecule has 2 heterocycles. The number of rotatable bonds is 7. The fourth-order valence-electron chi connectivity index (χ4n) is 3.82. The summed E-state index contributed by atoms with van der Waals surface area (Å²) in [7, 11) is 1.60. The molecule has 0 aliphatic carbocycles. The van der Waals surface area contributed by atoms with Gasteiger partial charge in [-0.05, 0) is 42.0 Å². The third-order valence-corrected chi connectivity index (χ3v) is 5.82. The molecule has 0 bridgehead atoms. The van der Waals surface area contributed by atoms with Gasteiger partial charge in [0.15, 0.2) is 17.3 Å². The number of nitrogens with zero attached hydrogens (tertiary/aromatic N) is 2. The fraction of sp³-hybridized carbons (Fsp3) is 0.154. The van der Waals surface area contributed by atoms with Gasteiger partial charge in [0.2, 0.25) is 6.79 Å². The van der Waals surface area contributed by atoms with Gasteiger partial charge in [0.25, 0.3) is 5.91 Å². The predicted octanol–water partition coefficient (Wildman–Crippen LogP) is 5.57. The Morgan fingerprint density at radius 2 is 1.79 bits per heavy atom. The lowest BCUT2D eigenvalue weighted by Gasteiger charge is -2.22. The van der Waals surface area contributed by atoms with Crippen LogP contribution in [0.4, 0.5) is 0 Å². The molecule has 8 heteroatoms. The SMILES string of the molecule is COc1ccccc1-c1cc(CN(Cc2ccc3c(c2)OCO3)C(=O)c2ccccc2Cl)no1. The summed E-state index contributed by atoms with van der Waals surface area (Å²) >= 11 is 6.33. The smallest absolute Gasteiger partial charge is 0.256 e. The van der Waals surface area contributed by atoms with Gasteiger partial charge in [-0.2, -0.15) is 0 Å². The molecule has 0 atom stereocenters. The summed E-state index contributed by atoms with van der Waals surface area (Å²) in [6.07, 6.45) is 0. The van der Waals surface area contributed by atoms with Gasteiger partial charge in [-0.15, -0.1) is 0 Å². The summed E-state index contributed by atoms with van der Waals surface area (Å²) in [6, 6.07) is 21.9. The molecule has 1 aromatic heterocycles. The van der Waals surface area contributed by atoms with E-state index in [0.717, 1.165) is 11.1 Å². The molecule has 1 amide bonds. The Labute approximate surface area is 201 Å². The lowest BCUT2D eigenvalue weighted by molar-refractivity contribution is 0.0726. The normalized spacial score (nSPS) is 11.9. The van der Waals surface area contributed by atoms with Crippen LogP contribution in [0.5, 0.6) is 17.2 Å². The first-order valence-electron chi connectivity index (χ1n) is 10.6. The number of carbonyl (C=O) groups excluding carboxylic acids is 1. The van der Waals surface area contributed by atoms with E-state index in [1.807, 2.05) is 48.5 Å². The Kier molecular flexibility index (Phi) is 6.10. The van der Waals surface area contributed by atoms with Crippen LogP contribution in [-0.2, 0) is 13.1 Å². The number of hydrogen-bond donors (Lipinski definition) is 0. The van der Waals surface area contributed by atoms with Crippen LogP contribution in [0.1, 0.15) is 21.6 Å². The number of para-hydroxylation sites is 1. The summed E-state index contributed by atoms with van der Waals surface area (Å²) in [5.74, 6) is 2.36. The molecule has 0 saturated carbocycles. The van der Waals surface area contributed by atoms with Crippen LogP contribution in [0, 0.1) is 0 Å². The molecule has 0 N–H and O–H groups in total. The second kappa shape index (κ2) is 9.49. The van der Waals surface area contributed by atoms with Gasteiger partial charge in [-0.3, -0.25) is 4.79 Å². The highest BCUT2D eigenvalue weighted by molar-refractivity contribution is 6.33. The number of ether oxygens (including phenoxy) is 3. The average Bonchev–Trinajstić information content (AvgIpc) is 3.53. The molecule has 3 aromatic carbocycles. The van der Waals surface area contributed by atoms with Crippen LogP contribution in [-0.4, -0.2) is 29.9 Å². The number of halogens is 1. The standard InChI is InChI=1S/C26H21ClN2O5/c1-31-22-9-5-3-7-20(22)24-13-18(28-34-24)15-29(26(30)19-6-2-4-8-21(19)27)14-17-10-11-23-25(12-17)33-16-32-23/h2-13H,14-16H2,1H3. The van der Waals surface area contributed by atoms with Crippen molar-refractivity contribution in [2.24, 2.45) is 0 Å². The van der Waals surface area contributed by atoms with Crippen molar-refractivity contribution in [2.45, 2.75) is 13.1 Å². The third-order valence-electron chi connectivity index (χ3n) is 5.49. The Hall–Kier alpha value is -3.97. The number of carbonyl (C=O) groups is 1. The van der Waals surface area contributed by atoms with Gasteiger partial charge >= 0.3 is 0 Å². The largest absolute Gasteiger partial charge is 0.496 e. The summed E-state index contributed by atoms with van der Waals surface area (Å²) in [6.45, 7) is 0.723. The number of hydrogen-bond acceptors (Lipinski definition) is 6. The van der Waals surface area contributed by atoms with Crippen LogP contribution in [0.15, 0.2) is 77.3 Å². The average molecular weight is 477 g/mol. The lowest BCUT2D eigenvalue weighted by Crippen LogP contribution is -2.30. The molecule has 34 heavy (non-hydrogen) atoms. The summed E-state index contributed by atoms with van der Waals surface area (Å²) < 4.78 is 21.9. The minimum Gasteiger partial charge on any atom is -0.496 e. The Bertz CT molecular complexity index is 1340. The van der Waals surface area contributed by atoms with Gasteiger partial charge in [0.1, 0.15) is 11.4 Å². The molecule has 0 fully saturated rings. The summed E-state index contributed by atoms with van der Waals surface area (Å²) in [5.41, 5.74) is 2.68. The second-order valence-corrected chi connectivity index (χ2v) is 8.12. The number of benzene rings is 3. The maximum atomic E-state index is 13.5. The quantitative estimate of drug-likeness (QED) is 0.347. The van der Waals surface area contributed by atoms with Crippen LogP contribution >= 0.6 is 11.6 Å². The summed E-state index contributed by atoms with van der Waals surface area (Å²) in [5, 5.41) is 4.59. The van der Waals surface area contributed by atoms with Crippen molar-refractivity contribution in [3.63, 3.8) is 0 Å². The van der Waals surface area contributed by atoms with E-state index < -0.39 is 0 Å². The first-order valence-corrected chi connectivity index (χ1v) is 11.0. The molecule has 0 saturated heterocycles. The lowest BCUT2D eigenvalue weighted by atomic mass is 10.1. The Morgan fingerprint density at radius 3 is 2.65 bits per heavy atom. The summed E-state index contributed by atoms with van der Waals surface area (Å²) in [4.78, 5) is 15.2. The molecule has 1 aliphatic heterocycles. The van der Waals surface area contributed by atoms with Crippen molar-refractivity contribution in [2.75, 3.05) is 13.9 Å². The van der Waals surface area contributed by atoms with Gasteiger partial charge in [-0.1, -0.05) is 47.1 Å². The number of amides is 1. The van der Waals surface area contributed by atoms with Crippen LogP contribution in [0.25, 0.3) is 11.3 Å². The van der Waals surface area contributed by atoms with Crippen molar-refractivity contribution in [1.29, 1.82) is 0 Å².